The molecule has 5 nitrogen and oxygen atoms in total. The van der Waals surface area contributed by atoms with Crippen LogP contribution >= 0.6 is 0 Å². The Kier molecular flexibility index (Phi) is 3.26. The molecule has 1 aromatic carbocycles. The van der Waals surface area contributed by atoms with Crippen molar-refractivity contribution in [2.75, 3.05) is 18.4 Å². The molecule has 0 radical (unpaired) electrons. The second kappa shape index (κ2) is 4.85. The van der Waals surface area contributed by atoms with E-state index in [1.54, 1.807) is 29.2 Å². The Morgan fingerprint density at radius 1 is 1.59 bits per heavy atom. The predicted molar refractivity (Wildman–Crippen MR) is 64.3 cm³/mol. The van der Waals surface area contributed by atoms with Gasteiger partial charge in [-0.15, -0.1) is 0 Å². The summed E-state index contributed by atoms with van der Waals surface area (Å²) in [6, 6.07) is 8.79. The Morgan fingerprint density at radius 3 is 3.06 bits per heavy atom. The van der Waals surface area contributed by atoms with Crippen molar-refractivity contribution in [2.45, 2.75) is 12.5 Å². The highest BCUT2D eigenvalue weighted by molar-refractivity contribution is 5.89. The molecular weight excluding hydrogens is 216 g/mol. The van der Waals surface area contributed by atoms with E-state index in [0.29, 0.717) is 24.3 Å². The minimum Gasteiger partial charge on any atom is -0.326 e. The molecule has 2 rings (SSSR count). The fraction of sp³-hybridized carbons (Fsp3) is 0.333. The maximum atomic E-state index is 11.8. The molecule has 0 spiro atoms. The van der Waals surface area contributed by atoms with E-state index in [0.717, 1.165) is 6.42 Å². The van der Waals surface area contributed by atoms with Gasteiger partial charge in [0.15, 0.2) is 0 Å². The van der Waals surface area contributed by atoms with Crippen LogP contribution in [0.25, 0.3) is 0 Å². The van der Waals surface area contributed by atoms with Crippen LogP contribution in [-0.4, -0.2) is 30.1 Å². The average molecular weight is 230 g/mol. The maximum absolute atomic E-state index is 11.8. The molecule has 3 N–H and O–H groups in total. The van der Waals surface area contributed by atoms with Crippen LogP contribution in [0.15, 0.2) is 24.3 Å². The molecule has 0 unspecified atom stereocenters. The quantitative estimate of drug-likeness (QED) is 0.758. The van der Waals surface area contributed by atoms with Gasteiger partial charge >= 0.3 is 6.03 Å². The van der Waals surface area contributed by atoms with Gasteiger partial charge in [0.2, 0.25) is 0 Å². The third kappa shape index (κ3) is 2.74. The van der Waals surface area contributed by atoms with Crippen LogP contribution in [0, 0.1) is 11.3 Å². The number of nitriles is 1. The van der Waals surface area contributed by atoms with Crippen molar-refractivity contribution in [2.24, 2.45) is 5.73 Å². The van der Waals surface area contributed by atoms with E-state index in [9.17, 15) is 4.79 Å². The second-order valence-corrected chi connectivity index (χ2v) is 4.12. The first-order valence-electron chi connectivity index (χ1n) is 5.50. The number of nitrogens with two attached hydrogens (primary N) is 1. The summed E-state index contributed by atoms with van der Waals surface area (Å²) in [5, 5.41) is 11.5. The van der Waals surface area contributed by atoms with E-state index in [4.69, 9.17) is 11.0 Å². The smallest absolute Gasteiger partial charge is 0.321 e. The average Bonchev–Trinajstić information content (AvgIpc) is 2.76. The molecule has 2 amide bonds. The molecule has 0 bridgehead atoms. The summed E-state index contributed by atoms with van der Waals surface area (Å²) in [5.41, 5.74) is 6.90. The van der Waals surface area contributed by atoms with Gasteiger partial charge in [-0.3, -0.25) is 0 Å². The van der Waals surface area contributed by atoms with Gasteiger partial charge in [-0.25, -0.2) is 4.79 Å². The van der Waals surface area contributed by atoms with Gasteiger partial charge < -0.3 is 16.0 Å². The Hall–Kier alpha value is -2.06. The predicted octanol–water partition coefficient (Wildman–Crippen LogP) is 1.12. The monoisotopic (exact) mass is 230 g/mol. The van der Waals surface area contributed by atoms with Crippen LogP contribution in [0.1, 0.15) is 12.0 Å². The lowest BCUT2D eigenvalue weighted by molar-refractivity contribution is 0.222. The standard InChI is InChI=1S/C12H14N4O/c13-7-9-2-1-3-11(6-9)15-12(17)16-5-4-10(14)8-16/h1-3,6,10H,4-5,8,14H2,(H,15,17)/t10-/m1/s1. The zero-order valence-electron chi connectivity index (χ0n) is 9.39. The zero-order valence-corrected chi connectivity index (χ0v) is 9.39. The van der Waals surface area contributed by atoms with Crippen LogP contribution in [0.3, 0.4) is 0 Å². The number of carbonyl (C=O) groups excluding carboxylic acids is 1. The molecule has 1 saturated heterocycles. The van der Waals surface area contributed by atoms with Crippen LogP contribution in [-0.2, 0) is 0 Å². The lowest BCUT2D eigenvalue weighted by atomic mass is 10.2. The molecule has 1 heterocycles. The number of benzene rings is 1. The van der Waals surface area contributed by atoms with Crippen LogP contribution in [0.4, 0.5) is 10.5 Å². The number of anilines is 1. The summed E-state index contributed by atoms with van der Waals surface area (Å²) in [5.74, 6) is 0. The number of amides is 2. The number of rotatable bonds is 1. The van der Waals surface area contributed by atoms with Crippen LogP contribution in [0.5, 0.6) is 0 Å². The fourth-order valence-corrected chi connectivity index (χ4v) is 1.84. The highest BCUT2D eigenvalue weighted by atomic mass is 16.2. The number of hydrogen-bond acceptors (Lipinski definition) is 3. The van der Waals surface area contributed by atoms with Gasteiger partial charge in [-0.1, -0.05) is 6.07 Å². The summed E-state index contributed by atoms with van der Waals surface area (Å²) < 4.78 is 0. The number of hydrogen-bond donors (Lipinski definition) is 2. The molecule has 0 aliphatic carbocycles. The Balaban J connectivity index is 2.01. The van der Waals surface area contributed by atoms with E-state index in [-0.39, 0.29) is 12.1 Å². The second-order valence-electron chi connectivity index (χ2n) is 4.12. The maximum Gasteiger partial charge on any atom is 0.321 e. The van der Waals surface area contributed by atoms with Gasteiger partial charge in [0.25, 0.3) is 0 Å². The lowest BCUT2D eigenvalue weighted by Crippen LogP contribution is -2.35. The van der Waals surface area contributed by atoms with Gasteiger partial charge in [-0.2, -0.15) is 5.26 Å². The first kappa shape index (κ1) is 11.4. The molecular formula is C12H14N4O. The number of nitrogens with zero attached hydrogens (tertiary/aromatic N) is 2. The van der Waals surface area contributed by atoms with Crippen molar-refractivity contribution in [3.63, 3.8) is 0 Å². The summed E-state index contributed by atoms with van der Waals surface area (Å²) in [7, 11) is 0. The van der Waals surface area contributed by atoms with Crippen LogP contribution in [0.2, 0.25) is 0 Å². The Bertz CT molecular complexity index is 466. The molecule has 0 saturated carbocycles. The third-order valence-electron chi connectivity index (χ3n) is 2.75. The number of nitrogens with one attached hydrogen (secondary N) is 1. The van der Waals surface area contributed by atoms with E-state index >= 15 is 0 Å². The van der Waals surface area contributed by atoms with Crippen molar-refractivity contribution in [1.29, 1.82) is 5.26 Å². The molecule has 1 aliphatic heterocycles. The Morgan fingerprint density at radius 2 is 2.41 bits per heavy atom. The van der Waals surface area contributed by atoms with E-state index in [1.165, 1.54) is 0 Å². The number of urea groups is 1. The Labute approximate surface area is 99.8 Å². The van der Waals surface area contributed by atoms with E-state index in [2.05, 4.69) is 5.32 Å². The summed E-state index contributed by atoms with van der Waals surface area (Å²) in [6.07, 6.45) is 0.839. The zero-order chi connectivity index (χ0) is 12.3. The number of carbonyl (C=O) groups is 1. The minimum atomic E-state index is -0.159. The molecule has 88 valence electrons. The fourth-order valence-electron chi connectivity index (χ4n) is 1.84. The molecule has 5 heteroatoms. The summed E-state index contributed by atoms with van der Waals surface area (Å²) >= 11 is 0. The van der Waals surface area contributed by atoms with Crippen molar-refractivity contribution in [1.82, 2.24) is 4.90 Å². The molecule has 17 heavy (non-hydrogen) atoms. The van der Waals surface area contributed by atoms with Crippen LogP contribution < -0.4 is 11.1 Å². The first-order chi connectivity index (χ1) is 8.19. The topological polar surface area (TPSA) is 82.2 Å². The van der Waals surface area contributed by atoms with Gasteiger partial charge in [0.1, 0.15) is 0 Å². The van der Waals surface area contributed by atoms with Crippen molar-refractivity contribution < 1.29 is 4.79 Å². The highest BCUT2D eigenvalue weighted by Gasteiger charge is 2.23. The highest BCUT2D eigenvalue weighted by Crippen LogP contribution is 2.13. The number of likely N-dealkylation sites (tertiary alicyclic amines) is 1. The van der Waals surface area contributed by atoms with Crippen molar-refractivity contribution in [3.05, 3.63) is 29.8 Å². The van der Waals surface area contributed by atoms with Crippen molar-refractivity contribution in [3.8, 4) is 6.07 Å². The van der Waals surface area contributed by atoms with Gasteiger partial charge in [0.05, 0.1) is 11.6 Å². The normalized spacial score (nSPS) is 18.8. The molecule has 1 aliphatic rings. The lowest BCUT2D eigenvalue weighted by Gasteiger charge is -2.16. The van der Waals surface area contributed by atoms with Gasteiger partial charge in [-0.05, 0) is 24.6 Å². The molecule has 1 aromatic rings. The summed E-state index contributed by atoms with van der Waals surface area (Å²) in [6.45, 7) is 1.27. The largest absolute Gasteiger partial charge is 0.326 e. The third-order valence-corrected chi connectivity index (χ3v) is 2.75. The molecule has 1 fully saturated rings. The van der Waals surface area contributed by atoms with Gasteiger partial charge in [0, 0.05) is 24.8 Å². The first-order valence-corrected chi connectivity index (χ1v) is 5.50. The summed E-state index contributed by atoms with van der Waals surface area (Å²) in [4.78, 5) is 13.5. The van der Waals surface area contributed by atoms with E-state index < -0.39 is 0 Å². The van der Waals surface area contributed by atoms with E-state index in [1.807, 2.05) is 6.07 Å². The molecule has 1 atom stereocenters. The minimum absolute atomic E-state index is 0.0752. The SMILES string of the molecule is N#Cc1cccc(NC(=O)N2CC[C@@H](N)C2)c1. The van der Waals surface area contributed by atoms with Crippen molar-refractivity contribution >= 4 is 11.7 Å². The molecule has 0 aromatic heterocycles.